The maximum absolute atomic E-state index is 2.65. The number of nitrogens with zero attached hydrogens (tertiary/aromatic N) is 2. The van der Waals surface area contributed by atoms with Crippen molar-refractivity contribution >= 4 is 29.1 Å². The lowest BCUT2D eigenvalue weighted by molar-refractivity contribution is 0.547. The van der Waals surface area contributed by atoms with E-state index in [2.05, 4.69) is 95.9 Å². The molecule has 0 N–H and O–H groups in total. The Morgan fingerprint density at radius 1 is 0.771 bits per heavy atom. The number of hydrogen-bond acceptors (Lipinski definition) is 0. The summed E-state index contributed by atoms with van der Waals surface area (Å²) >= 11 is 0. The average Bonchev–Trinajstić information content (AvgIpc) is 3.41. The predicted molar refractivity (Wildman–Crippen MR) is 149 cm³/mol. The van der Waals surface area contributed by atoms with Crippen LogP contribution in [-0.2, 0) is 19.3 Å². The summed E-state index contributed by atoms with van der Waals surface area (Å²) in [5, 5.41) is 1.41. The molecule has 4 aliphatic carbocycles. The van der Waals surface area contributed by atoms with Crippen molar-refractivity contribution in [2.24, 2.45) is 0 Å². The van der Waals surface area contributed by atoms with Gasteiger partial charge in [0.15, 0.2) is 0 Å². The maximum atomic E-state index is 2.65. The van der Waals surface area contributed by atoms with Crippen LogP contribution in [0.15, 0.2) is 65.8 Å². The Labute approximate surface area is 208 Å². The van der Waals surface area contributed by atoms with Crippen LogP contribution in [0.3, 0.4) is 0 Å². The number of aromatic nitrogens is 2. The van der Waals surface area contributed by atoms with Crippen molar-refractivity contribution in [1.29, 1.82) is 0 Å². The van der Waals surface area contributed by atoms with E-state index in [9.17, 15) is 0 Å². The van der Waals surface area contributed by atoms with Gasteiger partial charge in [0.1, 0.15) is 0 Å². The fraction of sp³-hybridized carbons (Fsp3) is 0.333. The second kappa shape index (κ2) is 8.16. The van der Waals surface area contributed by atoms with E-state index in [0.717, 1.165) is 32.1 Å². The van der Waals surface area contributed by atoms with E-state index in [4.69, 9.17) is 0 Å². The van der Waals surface area contributed by atoms with Gasteiger partial charge in [-0.25, -0.2) is 0 Å². The highest BCUT2D eigenvalue weighted by Crippen LogP contribution is 2.43. The normalized spacial score (nSPS) is 20.6. The van der Waals surface area contributed by atoms with Gasteiger partial charge in [0.05, 0.1) is 6.04 Å². The Balaban J connectivity index is 1.35. The lowest BCUT2D eigenvalue weighted by Gasteiger charge is -2.25. The minimum Gasteiger partial charge on any atom is -0.345 e. The second-order valence-corrected chi connectivity index (χ2v) is 10.8. The third-order valence-electron chi connectivity index (χ3n) is 8.50. The zero-order valence-electron chi connectivity index (χ0n) is 20.9. The van der Waals surface area contributed by atoms with Crippen LogP contribution >= 0.6 is 0 Å². The average molecular weight is 459 g/mol. The highest BCUT2D eigenvalue weighted by atomic mass is 15.0. The van der Waals surface area contributed by atoms with Gasteiger partial charge < -0.3 is 9.13 Å². The van der Waals surface area contributed by atoms with Gasteiger partial charge in [-0.3, -0.25) is 0 Å². The monoisotopic (exact) mass is 458 g/mol. The lowest BCUT2D eigenvalue weighted by atomic mass is 9.84. The van der Waals surface area contributed by atoms with E-state index in [1.807, 2.05) is 0 Å². The van der Waals surface area contributed by atoms with Crippen molar-refractivity contribution in [1.82, 2.24) is 9.13 Å². The zero-order chi connectivity index (χ0) is 23.5. The third-order valence-corrected chi connectivity index (χ3v) is 8.50. The van der Waals surface area contributed by atoms with Crippen LogP contribution in [0.5, 0.6) is 0 Å². The SMILES string of the molecule is CC(C)n1c2c(c3c1CCC(C1=Cc4c(n(C5C=CC=CC5)c5ccccc45)CC1)=C3)C=CCC2. The summed E-state index contributed by atoms with van der Waals surface area (Å²) in [6.45, 7) is 4.69. The van der Waals surface area contributed by atoms with Crippen molar-refractivity contribution in [3.63, 3.8) is 0 Å². The highest BCUT2D eigenvalue weighted by molar-refractivity contribution is 5.93. The van der Waals surface area contributed by atoms with Gasteiger partial charge in [-0.05, 0) is 88.2 Å². The largest absolute Gasteiger partial charge is 0.345 e. The molecule has 7 rings (SSSR count). The Morgan fingerprint density at radius 3 is 2.34 bits per heavy atom. The summed E-state index contributed by atoms with van der Waals surface area (Å²) < 4.78 is 5.27. The number of allylic oxidation sites excluding steroid dienone is 7. The van der Waals surface area contributed by atoms with Crippen LogP contribution in [0.2, 0.25) is 0 Å². The molecule has 0 aliphatic heterocycles. The summed E-state index contributed by atoms with van der Waals surface area (Å²) in [5.74, 6) is 0. The Hall–Kier alpha value is -3.26. The first kappa shape index (κ1) is 21.1. The summed E-state index contributed by atoms with van der Waals surface area (Å²) in [6, 6.07) is 9.98. The smallest absolute Gasteiger partial charge is 0.0557 e. The molecule has 176 valence electrons. The number of hydrogen-bond donors (Lipinski definition) is 0. The van der Waals surface area contributed by atoms with Gasteiger partial charge in [-0.15, -0.1) is 0 Å². The second-order valence-electron chi connectivity index (χ2n) is 10.8. The minimum absolute atomic E-state index is 0.425. The maximum Gasteiger partial charge on any atom is 0.0557 e. The molecule has 0 radical (unpaired) electrons. The molecule has 0 saturated carbocycles. The first-order chi connectivity index (χ1) is 17.2. The minimum atomic E-state index is 0.425. The fourth-order valence-corrected chi connectivity index (χ4v) is 7.04. The van der Waals surface area contributed by atoms with Crippen molar-refractivity contribution in [3.05, 3.63) is 99.6 Å². The van der Waals surface area contributed by atoms with Crippen LogP contribution in [0.25, 0.3) is 29.1 Å². The number of para-hydroxylation sites is 1. The van der Waals surface area contributed by atoms with Crippen LogP contribution in [0.4, 0.5) is 0 Å². The van der Waals surface area contributed by atoms with Gasteiger partial charge >= 0.3 is 0 Å². The van der Waals surface area contributed by atoms with Crippen molar-refractivity contribution in [2.45, 2.75) is 70.9 Å². The van der Waals surface area contributed by atoms with E-state index < -0.39 is 0 Å². The molecule has 1 unspecified atom stereocenters. The van der Waals surface area contributed by atoms with E-state index in [-0.39, 0.29) is 0 Å². The van der Waals surface area contributed by atoms with E-state index in [1.165, 1.54) is 46.1 Å². The van der Waals surface area contributed by atoms with Crippen LogP contribution in [-0.4, -0.2) is 9.13 Å². The Bertz CT molecular complexity index is 1490. The molecular weight excluding hydrogens is 424 g/mol. The van der Waals surface area contributed by atoms with Crippen molar-refractivity contribution in [2.75, 3.05) is 0 Å². The molecule has 2 heteroatoms. The molecule has 0 bridgehead atoms. The topological polar surface area (TPSA) is 9.86 Å². The van der Waals surface area contributed by atoms with E-state index in [0.29, 0.717) is 12.1 Å². The summed E-state index contributed by atoms with van der Waals surface area (Å²) in [4.78, 5) is 0. The molecule has 0 amide bonds. The molecule has 1 atom stereocenters. The summed E-state index contributed by atoms with van der Waals surface area (Å²) in [6.07, 6.45) is 26.9. The quantitative estimate of drug-likeness (QED) is 0.373. The van der Waals surface area contributed by atoms with Gasteiger partial charge in [0.2, 0.25) is 0 Å². The molecule has 2 heterocycles. The molecule has 2 aromatic heterocycles. The first-order valence-corrected chi connectivity index (χ1v) is 13.5. The Morgan fingerprint density at radius 2 is 1.54 bits per heavy atom. The fourth-order valence-electron chi connectivity index (χ4n) is 7.04. The summed E-state index contributed by atoms with van der Waals surface area (Å²) in [5.41, 5.74) is 13.6. The summed E-state index contributed by atoms with van der Waals surface area (Å²) in [7, 11) is 0. The zero-order valence-corrected chi connectivity index (χ0v) is 20.9. The van der Waals surface area contributed by atoms with Crippen molar-refractivity contribution in [3.8, 4) is 0 Å². The molecule has 3 aromatic rings. The number of benzene rings is 1. The van der Waals surface area contributed by atoms with Gasteiger partial charge in [-0.1, -0.05) is 54.7 Å². The number of fused-ring (bicyclic) bond motifs is 6. The lowest BCUT2D eigenvalue weighted by Crippen LogP contribution is -2.14. The highest BCUT2D eigenvalue weighted by Gasteiger charge is 2.28. The predicted octanol–water partition coefficient (Wildman–Crippen LogP) is 8.40. The Kier molecular flexibility index (Phi) is 4.91. The number of rotatable bonds is 3. The standard InChI is InChI=1S/C33H34N2/c1-22(2)34-30-14-8-6-12-26(30)28-20-23(16-18-32(28)34)24-17-19-33-29(21-24)27-13-7-9-15-31(27)35(33)25-10-4-3-5-11-25/h3-7,9-10,12-13,15,20-22,25H,8,11,14,16-19H2,1-2H3. The van der Waals surface area contributed by atoms with Gasteiger partial charge in [0, 0.05) is 50.7 Å². The molecule has 0 fully saturated rings. The van der Waals surface area contributed by atoms with Crippen LogP contribution < -0.4 is 0 Å². The molecule has 2 nitrogen and oxygen atoms in total. The van der Waals surface area contributed by atoms with E-state index in [1.54, 1.807) is 22.5 Å². The molecule has 35 heavy (non-hydrogen) atoms. The molecule has 4 aliphatic rings. The molecule has 0 spiro atoms. The van der Waals surface area contributed by atoms with E-state index >= 15 is 0 Å². The molecule has 0 saturated heterocycles. The molecule has 1 aromatic carbocycles. The van der Waals surface area contributed by atoms with Crippen LogP contribution in [0.1, 0.15) is 85.4 Å². The third kappa shape index (κ3) is 3.22. The van der Waals surface area contributed by atoms with Crippen LogP contribution in [0, 0.1) is 0 Å². The van der Waals surface area contributed by atoms with Gasteiger partial charge in [-0.2, -0.15) is 0 Å². The molecular formula is C33H34N2. The first-order valence-electron chi connectivity index (χ1n) is 13.5. The van der Waals surface area contributed by atoms with Crippen molar-refractivity contribution < 1.29 is 0 Å². The van der Waals surface area contributed by atoms with Gasteiger partial charge in [0.25, 0.3) is 0 Å².